The predicted octanol–water partition coefficient (Wildman–Crippen LogP) is 1.12. The lowest BCUT2D eigenvalue weighted by Gasteiger charge is -2.32. The number of nitrogens with zero attached hydrogens (tertiary/aromatic N) is 1. The van der Waals surface area contributed by atoms with Crippen LogP contribution in [0.4, 0.5) is 0 Å². The van der Waals surface area contributed by atoms with E-state index in [0.717, 1.165) is 19.3 Å². The monoisotopic (exact) mass is 242 g/mol. The zero-order valence-corrected chi connectivity index (χ0v) is 11.1. The third-order valence-electron chi connectivity index (χ3n) is 3.93. The first-order valence-corrected chi connectivity index (χ1v) is 6.78. The van der Waals surface area contributed by atoms with Gasteiger partial charge in [-0.3, -0.25) is 4.79 Å². The molecular weight excluding hydrogens is 216 g/mol. The molecule has 17 heavy (non-hydrogen) atoms. The van der Waals surface area contributed by atoms with Gasteiger partial charge in [-0.2, -0.15) is 0 Å². The Balaban J connectivity index is 2.65. The van der Waals surface area contributed by atoms with Gasteiger partial charge in [-0.15, -0.1) is 0 Å². The minimum Gasteiger partial charge on any atom is -0.395 e. The van der Waals surface area contributed by atoms with Crippen LogP contribution < -0.4 is 5.73 Å². The normalized spacial score (nSPS) is 20.2. The summed E-state index contributed by atoms with van der Waals surface area (Å²) in [6.07, 6.45) is 5.37. The third-order valence-corrected chi connectivity index (χ3v) is 3.93. The van der Waals surface area contributed by atoms with Gasteiger partial charge >= 0.3 is 0 Å². The first-order valence-electron chi connectivity index (χ1n) is 6.78. The average Bonchev–Trinajstić information content (AvgIpc) is 2.86. The molecular formula is C13H26N2O2. The molecule has 0 aromatic heterocycles. The summed E-state index contributed by atoms with van der Waals surface area (Å²) in [5.74, 6) is 0.213. The molecule has 0 bridgehead atoms. The van der Waals surface area contributed by atoms with Gasteiger partial charge in [0, 0.05) is 12.6 Å². The molecule has 4 heteroatoms. The van der Waals surface area contributed by atoms with Crippen molar-refractivity contribution < 1.29 is 9.90 Å². The molecule has 4 nitrogen and oxygen atoms in total. The van der Waals surface area contributed by atoms with E-state index in [2.05, 4.69) is 0 Å². The van der Waals surface area contributed by atoms with E-state index in [4.69, 9.17) is 10.8 Å². The smallest absolute Gasteiger partial charge is 0.240 e. The maximum atomic E-state index is 12.3. The number of carbonyl (C=O) groups excluding carboxylic acids is 1. The van der Waals surface area contributed by atoms with E-state index in [1.807, 2.05) is 18.7 Å². The van der Waals surface area contributed by atoms with Crippen LogP contribution in [0.3, 0.4) is 0 Å². The van der Waals surface area contributed by atoms with Crippen molar-refractivity contribution in [1.29, 1.82) is 0 Å². The number of nitrogens with two attached hydrogens (primary N) is 1. The van der Waals surface area contributed by atoms with Crippen LogP contribution >= 0.6 is 0 Å². The van der Waals surface area contributed by atoms with Crippen LogP contribution in [0.1, 0.15) is 46.0 Å². The number of carbonyl (C=O) groups is 1. The van der Waals surface area contributed by atoms with Crippen molar-refractivity contribution in [3.8, 4) is 0 Å². The molecule has 0 spiro atoms. The highest BCUT2D eigenvalue weighted by atomic mass is 16.3. The van der Waals surface area contributed by atoms with Crippen molar-refractivity contribution in [2.24, 2.45) is 11.7 Å². The van der Waals surface area contributed by atoms with Gasteiger partial charge in [-0.05, 0) is 18.8 Å². The number of rotatable bonds is 6. The summed E-state index contributed by atoms with van der Waals surface area (Å²) in [7, 11) is 0. The van der Waals surface area contributed by atoms with Crippen LogP contribution in [-0.4, -0.2) is 41.1 Å². The molecule has 2 atom stereocenters. The Morgan fingerprint density at radius 1 is 1.47 bits per heavy atom. The highest BCUT2D eigenvalue weighted by Gasteiger charge is 2.31. The van der Waals surface area contributed by atoms with Gasteiger partial charge in [-0.1, -0.05) is 33.1 Å². The fraction of sp³-hybridized carbons (Fsp3) is 0.923. The Kier molecular flexibility index (Phi) is 5.92. The second-order valence-electron chi connectivity index (χ2n) is 5.10. The molecule has 0 saturated heterocycles. The molecule has 0 aromatic rings. The highest BCUT2D eigenvalue weighted by Crippen LogP contribution is 2.24. The lowest BCUT2D eigenvalue weighted by molar-refractivity contribution is -0.136. The molecule has 0 aliphatic heterocycles. The van der Waals surface area contributed by atoms with Crippen LogP contribution in [0.2, 0.25) is 0 Å². The van der Waals surface area contributed by atoms with E-state index in [1.54, 1.807) is 0 Å². The van der Waals surface area contributed by atoms with Crippen molar-refractivity contribution in [2.75, 3.05) is 13.2 Å². The molecule has 1 amide bonds. The molecule has 1 saturated carbocycles. The maximum Gasteiger partial charge on any atom is 0.240 e. The Hall–Kier alpha value is -0.610. The van der Waals surface area contributed by atoms with Gasteiger partial charge < -0.3 is 15.7 Å². The fourth-order valence-electron chi connectivity index (χ4n) is 2.49. The molecule has 3 N–H and O–H groups in total. The topological polar surface area (TPSA) is 66.6 Å². The Bertz CT molecular complexity index is 240. The summed E-state index contributed by atoms with van der Waals surface area (Å²) < 4.78 is 0. The molecule has 1 rings (SSSR count). The van der Waals surface area contributed by atoms with Crippen molar-refractivity contribution in [2.45, 2.75) is 58.0 Å². The summed E-state index contributed by atoms with van der Waals surface area (Å²) in [5, 5.41) is 9.09. The molecule has 100 valence electrons. The van der Waals surface area contributed by atoms with Crippen molar-refractivity contribution in [1.82, 2.24) is 4.90 Å². The summed E-state index contributed by atoms with van der Waals surface area (Å²) >= 11 is 0. The van der Waals surface area contributed by atoms with Crippen LogP contribution in [0, 0.1) is 5.92 Å². The number of hydrogen-bond acceptors (Lipinski definition) is 3. The van der Waals surface area contributed by atoms with Gasteiger partial charge in [-0.25, -0.2) is 0 Å². The molecule has 1 fully saturated rings. The highest BCUT2D eigenvalue weighted by molar-refractivity contribution is 5.82. The van der Waals surface area contributed by atoms with Gasteiger partial charge in [0.2, 0.25) is 5.91 Å². The van der Waals surface area contributed by atoms with Gasteiger partial charge in [0.05, 0.1) is 12.6 Å². The van der Waals surface area contributed by atoms with E-state index in [-0.39, 0.29) is 18.4 Å². The van der Waals surface area contributed by atoms with E-state index in [9.17, 15) is 4.79 Å². The summed E-state index contributed by atoms with van der Waals surface area (Å²) in [6, 6.07) is -0.128. The van der Waals surface area contributed by atoms with Crippen molar-refractivity contribution >= 4 is 5.91 Å². The first-order chi connectivity index (χ1) is 8.11. The molecule has 0 heterocycles. The Morgan fingerprint density at radius 3 is 2.53 bits per heavy atom. The molecule has 0 unspecified atom stereocenters. The minimum absolute atomic E-state index is 0.0142. The van der Waals surface area contributed by atoms with Gasteiger partial charge in [0.15, 0.2) is 0 Å². The van der Waals surface area contributed by atoms with Crippen molar-refractivity contribution in [3.05, 3.63) is 0 Å². The molecule has 1 aliphatic carbocycles. The van der Waals surface area contributed by atoms with E-state index in [1.165, 1.54) is 12.8 Å². The zero-order valence-electron chi connectivity index (χ0n) is 11.1. The molecule has 0 radical (unpaired) electrons. The van der Waals surface area contributed by atoms with Gasteiger partial charge in [0.25, 0.3) is 0 Å². The molecule has 1 aliphatic rings. The average molecular weight is 242 g/mol. The maximum absolute atomic E-state index is 12.3. The Labute approximate surface area is 104 Å². The van der Waals surface area contributed by atoms with E-state index in [0.29, 0.717) is 12.6 Å². The number of hydrogen-bond donors (Lipinski definition) is 2. The predicted molar refractivity (Wildman–Crippen MR) is 68.5 cm³/mol. The summed E-state index contributed by atoms with van der Waals surface area (Å²) in [5.41, 5.74) is 6.00. The van der Waals surface area contributed by atoms with Crippen LogP contribution in [0.5, 0.6) is 0 Å². The fourth-order valence-corrected chi connectivity index (χ4v) is 2.49. The van der Waals surface area contributed by atoms with Crippen molar-refractivity contribution in [3.63, 3.8) is 0 Å². The third kappa shape index (κ3) is 3.68. The first kappa shape index (κ1) is 14.5. The second-order valence-corrected chi connectivity index (χ2v) is 5.10. The number of amides is 1. The zero-order chi connectivity index (χ0) is 12.8. The SMILES string of the molecule is CC[C@H](C)[C@H](N)C(=O)N(CCO)C1CCCC1. The van der Waals surface area contributed by atoms with Gasteiger partial charge in [0.1, 0.15) is 0 Å². The largest absolute Gasteiger partial charge is 0.395 e. The summed E-state index contributed by atoms with van der Waals surface area (Å²) in [6.45, 7) is 4.50. The number of aliphatic hydroxyl groups excluding tert-OH is 1. The second kappa shape index (κ2) is 6.97. The number of aliphatic hydroxyl groups is 1. The molecule has 0 aromatic carbocycles. The van der Waals surface area contributed by atoms with Crippen LogP contribution in [-0.2, 0) is 4.79 Å². The quantitative estimate of drug-likeness (QED) is 0.733. The lowest BCUT2D eigenvalue weighted by Crippen LogP contribution is -2.51. The van der Waals surface area contributed by atoms with Crippen LogP contribution in [0.25, 0.3) is 0 Å². The standard InChI is InChI=1S/C13H26N2O2/c1-3-10(2)12(14)13(17)15(8-9-16)11-6-4-5-7-11/h10-12,16H,3-9,14H2,1-2H3/t10-,12-/m0/s1. The summed E-state index contributed by atoms with van der Waals surface area (Å²) in [4.78, 5) is 14.1. The Morgan fingerprint density at radius 2 is 2.06 bits per heavy atom. The lowest BCUT2D eigenvalue weighted by atomic mass is 9.98. The van der Waals surface area contributed by atoms with E-state index >= 15 is 0 Å². The van der Waals surface area contributed by atoms with Crippen LogP contribution in [0.15, 0.2) is 0 Å². The minimum atomic E-state index is -0.424. The van der Waals surface area contributed by atoms with E-state index < -0.39 is 6.04 Å².